The van der Waals surface area contributed by atoms with Crippen LogP contribution in [-0.2, 0) is 4.79 Å². The number of benzene rings is 2. The van der Waals surface area contributed by atoms with Crippen LogP contribution < -0.4 is 5.32 Å². The van der Waals surface area contributed by atoms with Gasteiger partial charge in [0.1, 0.15) is 11.6 Å². The quantitative estimate of drug-likeness (QED) is 0.646. The SMILES string of the molecule is Cc1ccc(NC(=O)/C(C#N)=C\c2ccc(Br)cc2)c(C)c1. The number of hydrogen-bond acceptors (Lipinski definition) is 2. The molecule has 0 radical (unpaired) electrons. The molecule has 0 aromatic heterocycles. The van der Waals surface area contributed by atoms with Gasteiger partial charge in [-0.2, -0.15) is 5.26 Å². The van der Waals surface area contributed by atoms with E-state index >= 15 is 0 Å². The van der Waals surface area contributed by atoms with E-state index in [4.69, 9.17) is 0 Å². The minimum atomic E-state index is -0.405. The predicted octanol–water partition coefficient (Wildman–Crippen LogP) is 4.61. The summed E-state index contributed by atoms with van der Waals surface area (Å²) in [6.45, 7) is 3.92. The lowest BCUT2D eigenvalue weighted by Gasteiger charge is -2.08. The molecule has 0 unspecified atom stereocenters. The van der Waals surface area contributed by atoms with Gasteiger partial charge in [-0.3, -0.25) is 4.79 Å². The molecule has 0 aliphatic carbocycles. The van der Waals surface area contributed by atoms with E-state index in [1.54, 1.807) is 6.08 Å². The largest absolute Gasteiger partial charge is 0.321 e. The van der Waals surface area contributed by atoms with Crippen LogP contribution in [0.5, 0.6) is 0 Å². The standard InChI is InChI=1S/C18H15BrN2O/c1-12-3-8-17(13(2)9-12)21-18(22)15(11-20)10-14-4-6-16(19)7-5-14/h3-10H,1-2H3,(H,21,22)/b15-10-. The van der Waals surface area contributed by atoms with Crippen molar-refractivity contribution in [2.24, 2.45) is 0 Å². The number of anilines is 1. The third-order valence-corrected chi connectivity index (χ3v) is 3.70. The van der Waals surface area contributed by atoms with Crippen molar-refractivity contribution in [3.63, 3.8) is 0 Å². The molecule has 2 aromatic carbocycles. The number of nitriles is 1. The van der Waals surface area contributed by atoms with Crippen LogP contribution in [0.1, 0.15) is 16.7 Å². The van der Waals surface area contributed by atoms with Gasteiger partial charge in [-0.25, -0.2) is 0 Å². The van der Waals surface area contributed by atoms with Crippen LogP contribution in [0.3, 0.4) is 0 Å². The lowest BCUT2D eigenvalue weighted by Crippen LogP contribution is -2.14. The van der Waals surface area contributed by atoms with Crippen molar-refractivity contribution in [2.45, 2.75) is 13.8 Å². The summed E-state index contributed by atoms with van der Waals surface area (Å²) in [5, 5.41) is 12.0. The van der Waals surface area contributed by atoms with Crippen molar-refractivity contribution >= 4 is 33.6 Å². The summed E-state index contributed by atoms with van der Waals surface area (Å²) in [6.07, 6.45) is 1.57. The summed E-state index contributed by atoms with van der Waals surface area (Å²) in [5.41, 5.74) is 3.68. The van der Waals surface area contributed by atoms with Crippen LogP contribution in [0.4, 0.5) is 5.69 Å². The van der Waals surface area contributed by atoms with Crippen LogP contribution >= 0.6 is 15.9 Å². The Kier molecular flexibility index (Phi) is 5.13. The number of halogens is 1. The molecule has 22 heavy (non-hydrogen) atoms. The lowest BCUT2D eigenvalue weighted by molar-refractivity contribution is -0.112. The van der Waals surface area contributed by atoms with Gasteiger partial charge in [0, 0.05) is 10.2 Å². The number of amides is 1. The predicted molar refractivity (Wildman–Crippen MR) is 92.3 cm³/mol. The van der Waals surface area contributed by atoms with Gasteiger partial charge in [0.15, 0.2) is 0 Å². The highest BCUT2D eigenvalue weighted by Gasteiger charge is 2.10. The average Bonchev–Trinajstić information content (AvgIpc) is 2.49. The molecular formula is C18H15BrN2O. The first kappa shape index (κ1) is 16.0. The molecule has 2 aromatic rings. The maximum absolute atomic E-state index is 12.2. The number of carbonyl (C=O) groups excluding carboxylic acids is 1. The summed E-state index contributed by atoms with van der Waals surface area (Å²) in [7, 11) is 0. The number of nitrogens with one attached hydrogen (secondary N) is 1. The third kappa shape index (κ3) is 4.06. The summed E-state index contributed by atoms with van der Waals surface area (Å²) in [5.74, 6) is -0.405. The molecule has 0 bridgehead atoms. The minimum absolute atomic E-state index is 0.0716. The van der Waals surface area contributed by atoms with Crippen LogP contribution in [0, 0.1) is 25.2 Å². The Balaban J connectivity index is 2.22. The molecule has 0 heterocycles. The normalized spacial score (nSPS) is 10.9. The summed E-state index contributed by atoms with van der Waals surface area (Å²) in [6, 6.07) is 15.1. The second-order valence-electron chi connectivity index (χ2n) is 4.99. The fourth-order valence-electron chi connectivity index (χ4n) is 2.02. The Morgan fingerprint density at radius 2 is 1.86 bits per heavy atom. The molecule has 0 saturated carbocycles. The highest BCUT2D eigenvalue weighted by molar-refractivity contribution is 9.10. The zero-order chi connectivity index (χ0) is 16.1. The van der Waals surface area contributed by atoms with E-state index in [2.05, 4.69) is 21.2 Å². The molecule has 0 atom stereocenters. The lowest BCUT2D eigenvalue weighted by atomic mass is 10.1. The number of aryl methyl sites for hydroxylation is 2. The van der Waals surface area contributed by atoms with Gasteiger partial charge in [0.05, 0.1) is 0 Å². The molecule has 3 nitrogen and oxygen atoms in total. The Bertz CT molecular complexity index is 771. The summed E-state index contributed by atoms with van der Waals surface area (Å²) in [4.78, 5) is 12.2. The first-order valence-corrected chi connectivity index (χ1v) is 7.55. The number of nitrogens with zero attached hydrogens (tertiary/aromatic N) is 1. The number of rotatable bonds is 3. The van der Waals surface area contributed by atoms with Gasteiger partial charge in [-0.1, -0.05) is 45.8 Å². The van der Waals surface area contributed by atoms with Gasteiger partial charge in [-0.05, 0) is 49.2 Å². The van der Waals surface area contributed by atoms with E-state index in [9.17, 15) is 10.1 Å². The van der Waals surface area contributed by atoms with Crippen LogP contribution in [-0.4, -0.2) is 5.91 Å². The smallest absolute Gasteiger partial charge is 0.266 e. The molecule has 110 valence electrons. The summed E-state index contributed by atoms with van der Waals surface area (Å²) < 4.78 is 0.947. The highest BCUT2D eigenvalue weighted by Crippen LogP contribution is 2.18. The van der Waals surface area contributed by atoms with Crippen molar-refractivity contribution in [2.75, 3.05) is 5.32 Å². The molecule has 1 amide bonds. The monoisotopic (exact) mass is 354 g/mol. The zero-order valence-electron chi connectivity index (χ0n) is 12.4. The molecule has 0 fully saturated rings. The first-order chi connectivity index (χ1) is 10.5. The van der Waals surface area contributed by atoms with E-state index in [1.165, 1.54) is 0 Å². The second kappa shape index (κ2) is 7.06. The zero-order valence-corrected chi connectivity index (χ0v) is 13.9. The summed E-state index contributed by atoms with van der Waals surface area (Å²) >= 11 is 3.35. The molecule has 0 aliphatic heterocycles. The minimum Gasteiger partial charge on any atom is -0.321 e. The maximum Gasteiger partial charge on any atom is 0.266 e. The van der Waals surface area contributed by atoms with Crippen molar-refractivity contribution in [3.05, 3.63) is 69.2 Å². The van der Waals surface area contributed by atoms with Crippen LogP contribution in [0.15, 0.2) is 52.5 Å². The molecular weight excluding hydrogens is 340 g/mol. The highest BCUT2D eigenvalue weighted by atomic mass is 79.9. The van der Waals surface area contributed by atoms with Crippen molar-refractivity contribution in [1.82, 2.24) is 0 Å². The third-order valence-electron chi connectivity index (χ3n) is 3.18. The molecule has 4 heteroatoms. The van der Waals surface area contributed by atoms with Crippen molar-refractivity contribution in [1.29, 1.82) is 5.26 Å². The van der Waals surface area contributed by atoms with E-state index in [0.29, 0.717) is 5.69 Å². The van der Waals surface area contributed by atoms with Gasteiger partial charge in [0.25, 0.3) is 5.91 Å². The van der Waals surface area contributed by atoms with Gasteiger partial charge >= 0.3 is 0 Å². The molecule has 2 rings (SSSR count). The maximum atomic E-state index is 12.2. The Morgan fingerprint density at radius 1 is 1.18 bits per heavy atom. The van der Waals surface area contributed by atoms with Gasteiger partial charge in [0.2, 0.25) is 0 Å². The average molecular weight is 355 g/mol. The second-order valence-corrected chi connectivity index (χ2v) is 5.91. The Morgan fingerprint density at radius 3 is 2.45 bits per heavy atom. The number of hydrogen-bond donors (Lipinski definition) is 1. The fraction of sp³-hybridized carbons (Fsp3) is 0.111. The van der Waals surface area contributed by atoms with E-state index in [0.717, 1.165) is 21.2 Å². The molecule has 0 saturated heterocycles. The Hall–Kier alpha value is -2.38. The molecule has 0 spiro atoms. The Labute approximate surface area is 138 Å². The fourth-order valence-corrected chi connectivity index (χ4v) is 2.28. The van der Waals surface area contributed by atoms with E-state index in [1.807, 2.05) is 62.4 Å². The number of carbonyl (C=O) groups is 1. The van der Waals surface area contributed by atoms with Crippen molar-refractivity contribution < 1.29 is 4.79 Å². The topological polar surface area (TPSA) is 52.9 Å². The van der Waals surface area contributed by atoms with Crippen molar-refractivity contribution in [3.8, 4) is 6.07 Å². The van der Waals surface area contributed by atoms with E-state index < -0.39 is 5.91 Å². The van der Waals surface area contributed by atoms with Gasteiger partial charge < -0.3 is 5.32 Å². The first-order valence-electron chi connectivity index (χ1n) is 6.75. The molecule has 0 aliphatic rings. The molecule has 1 N–H and O–H groups in total. The van der Waals surface area contributed by atoms with E-state index in [-0.39, 0.29) is 5.57 Å². The van der Waals surface area contributed by atoms with Gasteiger partial charge in [-0.15, -0.1) is 0 Å². The van der Waals surface area contributed by atoms with Crippen LogP contribution in [0.2, 0.25) is 0 Å². The van der Waals surface area contributed by atoms with Crippen LogP contribution in [0.25, 0.3) is 6.08 Å².